The van der Waals surface area contributed by atoms with Crippen molar-refractivity contribution in [1.29, 1.82) is 0 Å². The molecule has 186 valence electrons. The van der Waals surface area contributed by atoms with Crippen molar-refractivity contribution in [3.8, 4) is 11.5 Å². The van der Waals surface area contributed by atoms with Gasteiger partial charge >= 0.3 is 6.03 Å². The molecule has 0 atom stereocenters. The van der Waals surface area contributed by atoms with E-state index in [0.29, 0.717) is 42.4 Å². The number of fused-ring (bicyclic) bond motifs is 1. The largest absolute Gasteiger partial charge is 0.454 e. The topological polar surface area (TPSA) is 96.0 Å². The number of nitrogens with one attached hydrogen (secondary N) is 2. The second kappa shape index (κ2) is 10.2. The van der Waals surface area contributed by atoms with E-state index in [4.69, 9.17) is 9.47 Å². The predicted octanol–water partition coefficient (Wildman–Crippen LogP) is 4.42. The van der Waals surface area contributed by atoms with E-state index < -0.39 is 0 Å². The average molecular weight is 488 g/mol. The third kappa shape index (κ3) is 5.05. The van der Waals surface area contributed by atoms with E-state index in [0.717, 1.165) is 35.6 Å². The highest BCUT2D eigenvalue weighted by molar-refractivity contribution is 6.00. The van der Waals surface area contributed by atoms with Crippen LogP contribution in [-0.4, -0.2) is 54.8 Å². The molecule has 3 aromatic rings. The third-order valence-corrected chi connectivity index (χ3v) is 6.45. The van der Waals surface area contributed by atoms with Gasteiger partial charge in [0.15, 0.2) is 11.5 Å². The Bertz CT molecular complexity index is 1260. The number of hydrogen-bond acceptors (Lipinski definition) is 6. The number of amides is 3. The molecule has 1 saturated heterocycles. The molecule has 9 nitrogen and oxygen atoms in total. The smallest absolute Gasteiger partial charge is 0.323 e. The minimum atomic E-state index is -0.311. The first kappa shape index (κ1) is 23.5. The molecule has 2 N–H and O–H groups in total. The Hall–Kier alpha value is -4.27. The molecule has 3 amide bonds. The van der Waals surface area contributed by atoms with Gasteiger partial charge in [0.2, 0.25) is 6.79 Å². The quantitative estimate of drug-likeness (QED) is 0.566. The highest BCUT2D eigenvalue weighted by Crippen LogP contribution is 2.33. The first-order valence-corrected chi connectivity index (χ1v) is 12.0. The van der Waals surface area contributed by atoms with E-state index >= 15 is 0 Å². The van der Waals surface area contributed by atoms with E-state index in [2.05, 4.69) is 20.5 Å². The zero-order chi connectivity index (χ0) is 25.1. The first-order chi connectivity index (χ1) is 17.5. The molecular weight excluding hydrogens is 458 g/mol. The van der Waals surface area contributed by atoms with Gasteiger partial charge in [0, 0.05) is 37.4 Å². The number of ether oxygens (including phenoxy) is 2. The molecule has 0 spiro atoms. The summed E-state index contributed by atoms with van der Waals surface area (Å²) < 4.78 is 10.8. The Balaban J connectivity index is 1.17. The van der Waals surface area contributed by atoms with Gasteiger partial charge in [0.05, 0.1) is 11.9 Å². The van der Waals surface area contributed by atoms with Crippen molar-refractivity contribution >= 4 is 29.1 Å². The summed E-state index contributed by atoms with van der Waals surface area (Å²) in [7, 11) is 0. The van der Waals surface area contributed by atoms with Gasteiger partial charge in [-0.2, -0.15) is 0 Å². The zero-order valence-corrected chi connectivity index (χ0v) is 20.4. The first-order valence-electron chi connectivity index (χ1n) is 12.0. The van der Waals surface area contributed by atoms with Gasteiger partial charge in [-0.25, -0.2) is 9.78 Å². The molecule has 2 aromatic carbocycles. The van der Waals surface area contributed by atoms with Crippen LogP contribution in [0, 0.1) is 13.8 Å². The fraction of sp³-hybridized carbons (Fsp3) is 0.296. The molecule has 36 heavy (non-hydrogen) atoms. The summed E-state index contributed by atoms with van der Waals surface area (Å²) in [5.41, 5.74) is 4.03. The summed E-state index contributed by atoms with van der Waals surface area (Å²) in [6.07, 6.45) is 2.48. The maximum absolute atomic E-state index is 13.1. The molecule has 1 aromatic heterocycles. The van der Waals surface area contributed by atoms with Gasteiger partial charge in [-0.1, -0.05) is 18.2 Å². The number of hydrogen-bond donors (Lipinski definition) is 2. The molecule has 0 bridgehead atoms. The van der Waals surface area contributed by atoms with Crippen molar-refractivity contribution in [3.63, 3.8) is 0 Å². The molecule has 0 radical (unpaired) electrons. The van der Waals surface area contributed by atoms with Crippen molar-refractivity contribution in [2.75, 3.05) is 48.5 Å². The number of anilines is 3. The Labute approximate surface area is 210 Å². The standard InChI is InChI=1S/C27H29N5O4/c1-18-5-3-6-19(2)25(18)30-27(34)29-21-8-10-24(28-16-21)31-11-4-12-32(14-13-31)26(33)20-7-9-22-23(15-20)36-17-35-22/h3,5-10,15-16H,4,11-14,17H2,1-2H3,(H2,29,30,34). The van der Waals surface area contributed by atoms with Gasteiger partial charge in [0.1, 0.15) is 5.82 Å². The number of carbonyl (C=O) groups is 2. The van der Waals surface area contributed by atoms with Crippen molar-refractivity contribution in [2.24, 2.45) is 0 Å². The lowest BCUT2D eigenvalue weighted by Gasteiger charge is -2.23. The summed E-state index contributed by atoms with van der Waals surface area (Å²) in [6.45, 7) is 6.83. The second-order valence-electron chi connectivity index (χ2n) is 8.95. The lowest BCUT2D eigenvalue weighted by Crippen LogP contribution is -2.35. The summed E-state index contributed by atoms with van der Waals surface area (Å²) in [5.74, 6) is 2.07. The zero-order valence-electron chi connectivity index (χ0n) is 20.4. The lowest BCUT2D eigenvalue weighted by atomic mass is 10.1. The van der Waals surface area contributed by atoms with E-state index in [1.807, 2.05) is 49.1 Å². The van der Waals surface area contributed by atoms with E-state index in [1.54, 1.807) is 24.4 Å². The Morgan fingerprint density at radius 1 is 0.889 bits per heavy atom. The SMILES string of the molecule is Cc1cccc(C)c1NC(=O)Nc1ccc(N2CCCN(C(=O)c3ccc4c(c3)OCO4)CC2)nc1. The van der Waals surface area contributed by atoms with Crippen molar-refractivity contribution in [1.82, 2.24) is 9.88 Å². The van der Waals surface area contributed by atoms with Crippen LogP contribution >= 0.6 is 0 Å². The number of rotatable bonds is 4. The molecule has 0 unspecified atom stereocenters. The summed E-state index contributed by atoms with van der Waals surface area (Å²) in [4.78, 5) is 34.1. The molecular formula is C27H29N5O4. The van der Waals surface area contributed by atoms with Crippen molar-refractivity contribution in [3.05, 3.63) is 71.4 Å². The molecule has 5 rings (SSSR count). The number of aromatic nitrogens is 1. The maximum Gasteiger partial charge on any atom is 0.323 e. The number of para-hydroxylation sites is 1. The van der Waals surface area contributed by atoms with Crippen LogP contribution in [0.15, 0.2) is 54.7 Å². The Kier molecular flexibility index (Phi) is 6.62. The number of pyridine rings is 1. The van der Waals surface area contributed by atoms with Crippen LogP contribution in [0.1, 0.15) is 27.9 Å². The van der Waals surface area contributed by atoms with Crippen molar-refractivity contribution < 1.29 is 19.1 Å². The van der Waals surface area contributed by atoms with Crippen LogP contribution in [-0.2, 0) is 0 Å². The number of benzene rings is 2. The van der Waals surface area contributed by atoms with Gasteiger partial charge < -0.3 is 29.9 Å². The summed E-state index contributed by atoms with van der Waals surface area (Å²) in [6, 6.07) is 14.6. The maximum atomic E-state index is 13.1. The van der Waals surface area contributed by atoms with Crippen LogP contribution in [0.5, 0.6) is 11.5 Å². The summed E-state index contributed by atoms with van der Waals surface area (Å²) >= 11 is 0. The lowest BCUT2D eigenvalue weighted by molar-refractivity contribution is 0.0766. The van der Waals surface area contributed by atoms with Gasteiger partial charge in [-0.3, -0.25) is 4.79 Å². The van der Waals surface area contributed by atoms with Crippen LogP contribution < -0.4 is 25.0 Å². The predicted molar refractivity (Wildman–Crippen MR) is 138 cm³/mol. The van der Waals surface area contributed by atoms with Crippen molar-refractivity contribution in [2.45, 2.75) is 20.3 Å². The van der Waals surface area contributed by atoms with Crippen LogP contribution in [0.25, 0.3) is 0 Å². The highest BCUT2D eigenvalue weighted by atomic mass is 16.7. The molecule has 9 heteroatoms. The average Bonchev–Trinajstić information content (AvgIpc) is 3.21. The number of aryl methyl sites for hydroxylation is 2. The van der Waals surface area contributed by atoms with Gasteiger partial charge in [-0.15, -0.1) is 0 Å². The third-order valence-electron chi connectivity index (χ3n) is 6.45. The minimum absolute atomic E-state index is 0.0161. The molecule has 1 fully saturated rings. The van der Waals surface area contributed by atoms with Gasteiger partial charge in [-0.05, 0) is 61.7 Å². The minimum Gasteiger partial charge on any atom is -0.454 e. The monoisotopic (exact) mass is 487 g/mol. The molecule has 2 aliphatic rings. The van der Waals surface area contributed by atoms with E-state index in [1.165, 1.54) is 0 Å². The Morgan fingerprint density at radius 3 is 2.47 bits per heavy atom. The normalized spacial score (nSPS) is 14.8. The van der Waals surface area contributed by atoms with Crippen LogP contribution in [0.2, 0.25) is 0 Å². The molecule has 0 aliphatic carbocycles. The number of urea groups is 1. The number of carbonyl (C=O) groups excluding carboxylic acids is 2. The molecule has 2 aliphatic heterocycles. The van der Waals surface area contributed by atoms with Gasteiger partial charge in [0.25, 0.3) is 5.91 Å². The van der Waals surface area contributed by atoms with E-state index in [9.17, 15) is 9.59 Å². The molecule has 3 heterocycles. The van der Waals surface area contributed by atoms with E-state index in [-0.39, 0.29) is 18.7 Å². The Morgan fingerprint density at radius 2 is 1.69 bits per heavy atom. The fourth-order valence-electron chi connectivity index (χ4n) is 4.50. The fourth-order valence-corrected chi connectivity index (χ4v) is 4.50. The van der Waals surface area contributed by atoms with Crippen LogP contribution in [0.4, 0.5) is 22.0 Å². The molecule has 0 saturated carbocycles. The summed E-state index contributed by atoms with van der Waals surface area (Å²) in [5, 5.41) is 5.76. The second-order valence-corrected chi connectivity index (χ2v) is 8.95. The van der Waals surface area contributed by atoms with Crippen LogP contribution in [0.3, 0.4) is 0 Å². The number of nitrogens with zero attached hydrogens (tertiary/aromatic N) is 3. The highest BCUT2D eigenvalue weighted by Gasteiger charge is 2.23.